The third-order valence-electron chi connectivity index (χ3n) is 7.61. The third-order valence-corrected chi connectivity index (χ3v) is 7.61. The fraction of sp³-hybridized carbons (Fsp3) is 0.235. The number of carbonyl (C=O) groups is 1. The minimum absolute atomic E-state index is 0.0665. The summed E-state index contributed by atoms with van der Waals surface area (Å²) in [6, 6.07) is 21.2. The number of halogens is 3. The van der Waals surface area contributed by atoms with Gasteiger partial charge in [0.1, 0.15) is 23.0 Å². The molecule has 0 aliphatic carbocycles. The van der Waals surface area contributed by atoms with Crippen molar-refractivity contribution in [2.45, 2.75) is 38.3 Å². The van der Waals surface area contributed by atoms with Gasteiger partial charge in [0.25, 0.3) is 0 Å². The van der Waals surface area contributed by atoms with E-state index in [1.165, 1.54) is 29.8 Å². The van der Waals surface area contributed by atoms with E-state index in [2.05, 4.69) is 23.3 Å². The average molecular weight is 588 g/mol. The maximum atomic E-state index is 14.0. The maximum Gasteiger partial charge on any atom is 0.311 e. The van der Waals surface area contributed by atoms with Crippen LogP contribution in [0, 0.1) is 23.4 Å². The Balaban J connectivity index is 1.45. The van der Waals surface area contributed by atoms with E-state index in [9.17, 15) is 23.1 Å². The lowest BCUT2D eigenvalue weighted by Crippen LogP contribution is -2.44. The van der Waals surface area contributed by atoms with Gasteiger partial charge in [-0.3, -0.25) is 4.79 Å². The van der Waals surface area contributed by atoms with E-state index in [4.69, 9.17) is 10.2 Å². The first kappa shape index (κ1) is 30.0. The molecule has 4 N–H and O–H groups in total. The van der Waals surface area contributed by atoms with Gasteiger partial charge in [0.05, 0.1) is 5.92 Å². The van der Waals surface area contributed by atoms with Crippen LogP contribution >= 0.6 is 0 Å². The molecule has 0 saturated heterocycles. The number of aromatic nitrogens is 1. The Morgan fingerprint density at radius 3 is 2.33 bits per heavy atom. The summed E-state index contributed by atoms with van der Waals surface area (Å²) in [5.74, 6) is -4.40. The molecule has 5 aromatic rings. The molecule has 1 heterocycles. The van der Waals surface area contributed by atoms with Gasteiger partial charge < -0.3 is 20.6 Å². The molecule has 0 aliphatic heterocycles. The molecule has 0 radical (unpaired) electrons. The van der Waals surface area contributed by atoms with Crippen LogP contribution < -0.4 is 11.1 Å². The van der Waals surface area contributed by atoms with Gasteiger partial charge in [-0.05, 0) is 83.6 Å². The summed E-state index contributed by atoms with van der Waals surface area (Å²) in [4.78, 5) is 17.3. The Hall–Kier alpha value is -4.47. The standard InChI is InChI=1S/C34H32F3N3O3/c1-2-20-4-3-5-21(12-20)18-39-19-28(29(38)15-22-13-26(36)17-27(37)14-22)32(34(41)42)24-8-11-31-30(16-24)40-33(43-31)23-6-9-25(35)10-7-23/h3-14,16-17,28-29,32,39H,2,15,18-19,38H2,1H3,(H,41,42)/t28-,29+,32?/m1/s1. The van der Waals surface area contributed by atoms with Gasteiger partial charge in [-0.25, -0.2) is 18.2 Å². The number of benzene rings is 4. The number of nitrogens with two attached hydrogens (primary N) is 1. The molecule has 0 amide bonds. The summed E-state index contributed by atoms with van der Waals surface area (Å²) >= 11 is 0. The van der Waals surface area contributed by atoms with Gasteiger partial charge in [0, 0.05) is 36.7 Å². The van der Waals surface area contributed by atoms with Crippen LogP contribution in [-0.4, -0.2) is 28.6 Å². The minimum Gasteiger partial charge on any atom is -0.481 e. The molecule has 5 rings (SSSR count). The van der Waals surface area contributed by atoms with Crippen molar-refractivity contribution in [2.75, 3.05) is 6.54 Å². The zero-order chi connectivity index (χ0) is 30.5. The first-order valence-corrected chi connectivity index (χ1v) is 14.1. The van der Waals surface area contributed by atoms with Gasteiger partial charge in [-0.1, -0.05) is 37.3 Å². The molecule has 4 aromatic carbocycles. The maximum absolute atomic E-state index is 14.0. The summed E-state index contributed by atoms with van der Waals surface area (Å²) < 4.78 is 47.2. The van der Waals surface area contributed by atoms with Crippen molar-refractivity contribution in [3.63, 3.8) is 0 Å². The van der Waals surface area contributed by atoms with Crippen LogP contribution in [0.3, 0.4) is 0 Å². The highest BCUT2D eigenvalue weighted by molar-refractivity contribution is 5.82. The van der Waals surface area contributed by atoms with Crippen LogP contribution in [0.15, 0.2) is 89.3 Å². The predicted molar refractivity (Wildman–Crippen MR) is 159 cm³/mol. The SMILES string of the molecule is CCc1cccc(CNC[C@@H](C(C(=O)O)c2ccc3oc(-c4ccc(F)cc4)nc3c2)[C@@H](N)Cc2cc(F)cc(F)c2)c1. The molecule has 0 aliphatic rings. The summed E-state index contributed by atoms with van der Waals surface area (Å²) in [6.45, 7) is 2.79. The first-order chi connectivity index (χ1) is 20.7. The second-order valence-electron chi connectivity index (χ2n) is 10.7. The van der Waals surface area contributed by atoms with Crippen molar-refractivity contribution in [3.8, 4) is 11.5 Å². The molecule has 1 aromatic heterocycles. The molecule has 1 unspecified atom stereocenters. The molecule has 0 spiro atoms. The number of carboxylic acids is 1. The second kappa shape index (κ2) is 13.2. The zero-order valence-electron chi connectivity index (χ0n) is 23.6. The number of fused-ring (bicyclic) bond motifs is 1. The van der Waals surface area contributed by atoms with E-state index in [1.54, 1.807) is 30.3 Å². The molecular weight excluding hydrogens is 555 g/mol. The Labute approximate surface area is 247 Å². The largest absolute Gasteiger partial charge is 0.481 e. The van der Waals surface area contributed by atoms with Gasteiger partial charge in [0.2, 0.25) is 5.89 Å². The van der Waals surface area contributed by atoms with Crippen molar-refractivity contribution in [2.24, 2.45) is 11.7 Å². The van der Waals surface area contributed by atoms with Crippen molar-refractivity contribution in [1.82, 2.24) is 10.3 Å². The van der Waals surface area contributed by atoms with Crippen LogP contribution in [-0.2, 0) is 24.2 Å². The third kappa shape index (κ3) is 7.31. The highest BCUT2D eigenvalue weighted by atomic mass is 19.1. The van der Waals surface area contributed by atoms with Crippen molar-refractivity contribution >= 4 is 17.1 Å². The lowest BCUT2D eigenvalue weighted by atomic mass is 9.79. The smallest absolute Gasteiger partial charge is 0.311 e. The van der Waals surface area contributed by atoms with Gasteiger partial charge >= 0.3 is 5.97 Å². The van der Waals surface area contributed by atoms with Crippen molar-refractivity contribution in [1.29, 1.82) is 0 Å². The Morgan fingerprint density at radius 1 is 0.907 bits per heavy atom. The van der Waals surface area contributed by atoms with E-state index in [1.807, 2.05) is 18.2 Å². The highest BCUT2D eigenvalue weighted by Crippen LogP contribution is 2.32. The number of hydrogen-bond donors (Lipinski definition) is 3. The topological polar surface area (TPSA) is 101 Å². The van der Waals surface area contributed by atoms with Gasteiger partial charge in [-0.2, -0.15) is 0 Å². The quantitative estimate of drug-likeness (QED) is 0.152. The number of aryl methyl sites for hydroxylation is 1. The molecule has 43 heavy (non-hydrogen) atoms. The van der Waals surface area contributed by atoms with E-state index >= 15 is 0 Å². The lowest BCUT2D eigenvalue weighted by molar-refractivity contribution is -0.140. The molecule has 0 saturated carbocycles. The monoisotopic (exact) mass is 587 g/mol. The number of carboxylic acid groups (broad SMARTS) is 1. The molecule has 0 bridgehead atoms. The van der Waals surface area contributed by atoms with E-state index in [0.717, 1.165) is 18.1 Å². The summed E-state index contributed by atoms with van der Waals surface area (Å²) in [5, 5.41) is 13.8. The average Bonchev–Trinajstić information content (AvgIpc) is 3.40. The van der Waals surface area contributed by atoms with Gasteiger partial charge in [0.15, 0.2) is 5.58 Å². The van der Waals surface area contributed by atoms with Crippen LogP contribution in [0.1, 0.15) is 35.1 Å². The summed E-state index contributed by atoms with van der Waals surface area (Å²) in [7, 11) is 0. The number of nitrogens with one attached hydrogen (secondary N) is 1. The summed E-state index contributed by atoms with van der Waals surface area (Å²) in [5.41, 5.74) is 11.1. The predicted octanol–water partition coefficient (Wildman–Crippen LogP) is 6.62. The number of hydrogen-bond acceptors (Lipinski definition) is 5. The Kier molecular flexibility index (Phi) is 9.23. The Morgan fingerprint density at radius 2 is 1.63 bits per heavy atom. The van der Waals surface area contributed by atoms with E-state index in [-0.39, 0.29) is 24.7 Å². The van der Waals surface area contributed by atoms with Crippen LogP contribution in [0.4, 0.5) is 13.2 Å². The molecular formula is C34H32F3N3O3. The molecule has 0 fully saturated rings. The van der Waals surface area contributed by atoms with Crippen molar-refractivity contribution in [3.05, 3.63) is 125 Å². The Bertz CT molecular complexity index is 1700. The number of aliphatic carboxylic acids is 1. The number of oxazole rings is 1. The van der Waals surface area contributed by atoms with Crippen LogP contribution in [0.5, 0.6) is 0 Å². The fourth-order valence-electron chi connectivity index (χ4n) is 5.44. The lowest BCUT2D eigenvalue weighted by Gasteiger charge is -2.30. The zero-order valence-corrected chi connectivity index (χ0v) is 23.6. The molecule has 3 atom stereocenters. The first-order valence-electron chi connectivity index (χ1n) is 14.1. The van der Waals surface area contributed by atoms with Gasteiger partial charge in [-0.15, -0.1) is 0 Å². The minimum atomic E-state index is -1.10. The normalized spacial score (nSPS) is 13.6. The summed E-state index contributed by atoms with van der Waals surface area (Å²) in [6.07, 6.45) is 0.955. The highest BCUT2D eigenvalue weighted by Gasteiger charge is 2.34. The number of nitrogens with zero attached hydrogens (tertiary/aromatic N) is 1. The molecule has 222 valence electrons. The molecule has 9 heteroatoms. The van der Waals surface area contributed by atoms with Crippen LogP contribution in [0.2, 0.25) is 0 Å². The number of rotatable bonds is 12. The molecule has 6 nitrogen and oxygen atoms in total. The van der Waals surface area contributed by atoms with Crippen molar-refractivity contribution < 1.29 is 27.5 Å². The fourth-order valence-corrected chi connectivity index (χ4v) is 5.44. The van der Waals surface area contributed by atoms with E-state index in [0.29, 0.717) is 34.3 Å². The van der Waals surface area contributed by atoms with Crippen LogP contribution in [0.25, 0.3) is 22.6 Å². The van der Waals surface area contributed by atoms with E-state index < -0.39 is 35.5 Å². The second-order valence-corrected chi connectivity index (χ2v) is 10.7.